The Balaban J connectivity index is 1.69. The number of piperidine rings is 1. The Morgan fingerprint density at radius 1 is 1.33 bits per heavy atom. The number of carbonyl (C=O) groups is 1. The van der Waals surface area contributed by atoms with Crippen LogP contribution in [0.1, 0.15) is 33.8 Å². The third kappa shape index (κ3) is 3.67. The molecule has 1 aliphatic heterocycles. The van der Waals surface area contributed by atoms with Crippen molar-refractivity contribution in [3.8, 4) is 0 Å². The first kappa shape index (κ1) is 16.7. The average molecular weight is 346 g/mol. The molecule has 24 heavy (non-hydrogen) atoms. The Morgan fingerprint density at radius 3 is 2.88 bits per heavy atom. The topological polar surface area (TPSA) is 67.2 Å². The minimum absolute atomic E-state index is 0.0213. The summed E-state index contributed by atoms with van der Waals surface area (Å²) in [7, 11) is 1.66. The van der Waals surface area contributed by atoms with Crippen LogP contribution in [0.2, 0.25) is 0 Å². The quantitative estimate of drug-likeness (QED) is 0.919. The van der Waals surface area contributed by atoms with Crippen molar-refractivity contribution in [3.05, 3.63) is 44.4 Å². The van der Waals surface area contributed by atoms with Crippen LogP contribution in [0, 0.1) is 6.92 Å². The van der Waals surface area contributed by atoms with Gasteiger partial charge in [0.2, 0.25) is 0 Å². The summed E-state index contributed by atoms with van der Waals surface area (Å²) in [4.78, 5) is 27.9. The van der Waals surface area contributed by atoms with Crippen LogP contribution in [0.15, 0.2) is 29.1 Å². The molecule has 1 unspecified atom stereocenters. The van der Waals surface area contributed by atoms with Crippen molar-refractivity contribution in [2.75, 3.05) is 18.0 Å². The molecule has 1 aliphatic rings. The molecule has 128 valence electrons. The molecule has 1 atom stereocenters. The van der Waals surface area contributed by atoms with Crippen molar-refractivity contribution in [1.29, 1.82) is 0 Å². The molecule has 0 aromatic carbocycles. The highest BCUT2D eigenvalue weighted by Gasteiger charge is 2.24. The first-order chi connectivity index (χ1) is 11.5. The molecule has 0 saturated carbocycles. The van der Waals surface area contributed by atoms with Crippen molar-refractivity contribution >= 4 is 23.1 Å². The number of hydrogen-bond donors (Lipinski definition) is 1. The molecule has 1 saturated heterocycles. The molecule has 1 amide bonds. The molecule has 2 aromatic rings. The lowest BCUT2D eigenvalue weighted by Gasteiger charge is -2.36. The summed E-state index contributed by atoms with van der Waals surface area (Å²) in [5.41, 5.74) is -0.117. The van der Waals surface area contributed by atoms with E-state index in [1.807, 2.05) is 19.1 Å². The maximum atomic E-state index is 12.3. The van der Waals surface area contributed by atoms with Crippen molar-refractivity contribution in [2.24, 2.45) is 7.05 Å². The van der Waals surface area contributed by atoms with Gasteiger partial charge in [-0.2, -0.15) is 5.10 Å². The third-order valence-corrected chi connectivity index (χ3v) is 5.33. The van der Waals surface area contributed by atoms with E-state index in [0.717, 1.165) is 41.4 Å². The van der Waals surface area contributed by atoms with Crippen molar-refractivity contribution in [2.45, 2.75) is 32.2 Å². The first-order valence-electron chi connectivity index (χ1n) is 8.20. The highest BCUT2D eigenvalue weighted by Crippen LogP contribution is 2.22. The second kappa shape index (κ2) is 7.17. The minimum atomic E-state index is -0.117. The van der Waals surface area contributed by atoms with Crippen LogP contribution < -0.4 is 15.8 Å². The van der Waals surface area contributed by atoms with Crippen LogP contribution in [0.5, 0.6) is 0 Å². The summed E-state index contributed by atoms with van der Waals surface area (Å²) in [5.74, 6) is 0.773. The summed E-state index contributed by atoms with van der Waals surface area (Å²) in [6.07, 6.45) is 3.24. The second-order valence-electron chi connectivity index (χ2n) is 6.12. The summed E-state index contributed by atoms with van der Waals surface area (Å²) < 4.78 is 1.36. The van der Waals surface area contributed by atoms with Crippen LogP contribution in [0.25, 0.3) is 0 Å². The van der Waals surface area contributed by atoms with Gasteiger partial charge < -0.3 is 10.2 Å². The Bertz CT molecular complexity index is 783. The van der Waals surface area contributed by atoms with Gasteiger partial charge in [0.25, 0.3) is 11.5 Å². The summed E-state index contributed by atoms with van der Waals surface area (Å²) >= 11 is 1.51. The lowest BCUT2D eigenvalue weighted by atomic mass is 10.0. The molecular formula is C17H22N4O2S. The molecule has 1 N–H and O–H groups in total. The van der Waals surface area contributed by atoms with Crippen molar-refractivity contribution < 1.29 is 4.79 Å². The molecule has 2 aromatic heterocycles. The van der Waals surface area contributed by atoms with E-state index >= 15 is 0 Å². The van der Waals surface area contributed by atoms with Gasteiger partial charge in [-0.05, 0) is 44.4 Å². The van der Waals surface area contributed by atoms with Crippen molar-refractivity contribution in [3.63, 3.8) is 0 Å². The van der Waals surface area contributed by atoms with E-state index in [2.05, 4.69) is 15.3 Å². The highest BCUT2D eigenvalue weighted by molar-refractivity contribution is 7.13. The Labute approximate surface area is 145 Å². The zero-order chi connectivity index (χ0) is 17.1. The second-order valence-corrected chi connectivity index (χ2v) is 7.40. The van der Waals surface area contributed by atoms with Gasteiger partial charge in [0.15, 0.2) is 0 Å². The molecule has 6 nitrogen and oxygen atoms in total. The van der Waals surface area contributed by atoms with Gasteiger partial charge in [0.05, 0.1) is 4.88 Å². The Hall–Kier alpha value is -2.15. The number of thiophene rings is 1. The van der Waals surface area contributed by atoms with E-state index in [-0.39, 0.29) is 17.5 Å². The number of anilines is 1. The Morgan fingerprint density at radius 2 is 2.17 bits per heavy atom. The first-order valence-corrected chi connectivity index (χ1v) is 9.02. The number of aromatic nitrogens is 2. The maximum Gasteiger partial charge on any atom is 0.266 e. The van der Waals surface area contributed by atoms with Gasteiger partial charge in [0.1, 0.15) is 5.82 Å². The number of nitrogens with zero attached hydrogens (tertiary/aromatic N) is 3. The number of hydrogen-bond acceptors (Lipinski definition) is 5. The van der Waals surface area contributed by atoms with E-state index in [0.29, 0.717) is 6.54 Å². The largest absolute Gasteiger partial charge is 0.350 e. The number of amides is 1. The van der Waals surface area contributed by atoms with Crippen LogP contribution in [-0.4, -0.2) is 34.8 Å². The number of rotatable bonds is 4. The lowest BCUT2D eigenvalue weighted by molar-refractivity contribution is 0.0953. The fraction of sp³-hybridized carbons (Fsp3) is 0.471. The summed E-state index contributed by atoms with van der Waals surface area (Å²) in [6, 6.07) is 7.34. The van der Waals surface area contributed by atoms with Crippen molar-refractivity contribution in [1.82, 2.24) is 15.1 Å². The van der Waals surface area contributed by atoms with Gasteiger partial charge in [-0.1, -0.05) is 0 Å². The van der Waals surface area contributed by atoms with E-state index in [1.54, 1.807) is 19.2 Å². The van der Waals surface area contributed by atoms with E-state index < -0.39 is 0 Å². The SMILES string of the molecule is Cc1ccc(C(=O)NCC2CCCCN2c2ccc(=O)n(C)n2)s1. The molecule has 3 heterocycles. The maximum absolute atomic E-state index is 12.3. The van der Waals surface area contributed by atoms with E-state index in [4.69, 9.17) is 0 Å². The predicted molar refractivity (Wildman–Crippen MR) is 95.9 cm³/mol. The number of aryl methyl sites for hydroxylation is 2. The smallest absolute Gasteiger partial charge is 0.266 e. The number of nitrogens with one attached hydrogen (secondary N) is 1. The molecule has 0 bridgehead atoms. The van der Waals surface area contributed by atoms with Gasteiger partial charge in [-0.3, -0.25) is 9.59 Å². The zero-order valence-electron chi connectivity index (χ0n) is 14.0. The van der Waals surface area contributed by atoms with Gasteiger partial charge in [-0.15, -0.1) is 11.3 Å². The molecule has 0 aliphatic carbocycles. The fourth-order valence-corrected chi connectivity index (χ4v) is 3.80. The van der Waals surface area contributed by atoms with E-state index in [1.165, 1.54) is 16.0 Å². The zero-order valence-corrected chi connectivity index (χ0v) is 14.8. The number of carbonyl (C=O) groups excluding carboxylic acids is 1. The normalized spacial score (nSPS) is 17.8. The molecule has 1 fully saturated rings. The summed E-state index contributed by atoms with van der Waals surface area (Å²) in [5, 5.41) is 7.40. The molecule has 7 heteroatoms. The third-order valence-electron chi connectivity index (χ3n) is 4.33. The lowest BCUT2D eigenvalue weighted by Crippen LogP contribution is -2.47. The highest BCUT2D eigenvalue weighted by atomic mass is 32.1. The van der Waals surface area contributed by atoms with Gasteiger partial charge in [0, 0.05) is 37.1 Å². The minimum Gasteiger partial charge on any atom is -0.350 e. The van der Waals surface area contributed by atoms with Gasteiger partial charge in [-0.25, -0.2) is 4.68 Å². The molecule has 3 rings (SSSR count). The van der Waals surface area contributed by atoms with Crippen LogP contribution in [0.4, 0.5) is 5.82 Å². The summed E-state index contributed by atoms with van der Waals surface area (Å²) in [6.45, 7) is 3.47. The monoisotopic (exact) mass is 346 g/mol. The van der Waals surface area contributed by atoms with Gasteiger partial charge >= 0.3 is 0 Å². The molecule has 0 spiro atoms. The predicted octanol–water partition coefficient (Wildman–Crippen LogP) is 1.94. The Kier molecular flexibility index (Phi) is 4.99. The molecular weight excluding hydrogens is 324 g/mol. The fourth-order valence-electron chi connectivity index (χ4n) is 3.01. The van der Waals surface area contributed by atoms with Crippen LogP contribution in [-0.2, 0) is 7.05 Å². The van der Waals surface area contributed by atoms with Crippen LogP contribution in [0.3, 0.4) is 0 Å². The standard InChI is InChI=1S/C17H22N4O2S/c1-12-6-7-14(24-12)17(23)18-11-13-5-3-4-10-21(13)15-8-9-16(22)20(2)19-15/h6-9,13H,3-5,10-11H2,1-2H3,(H,18,23). The average Bonchev–Trinajstić information content (AvgIpc) is 3.02. The molecule has 0 radical (unpaired) electrons. The van der Waals surface area contributed by atoms with Crippen LogP contribution >= 0.6 is 11.3 Å². The van der Waals surface area contributed by atoms with E-state index in [9.17, 15) is 9.59 Å².